The molecular formula is C27H30N2O5. The van der Waals surface area contributed by atoms with Crippen molar-refractivity contribution in [1.29, 1.82) is 0 Å². The van der Waals surface area contributed by atoms with Crippen molar-refractivity contribution < 1.29 is 23.9 Å². The highest BCUT2D eigenvalue weighted by Crippen LogP contribution is 2.42. The second-order valence-electron chi connectivity index (χ2n) is 9.42. The molecule has 2 aromatic carbocycles. The van der Waals surface area contributed by atoms with Crippen molar-refractivity contribution in [3.63, 3.8) is 0 Å². The van der Waals surface area contributed by atoms with Crippen LogP contribution in [-0.2, 0) is 26.3 Å². The molecule has 0 aromatic heterocycles. The summed E-state index contributed by atoms with van der Waals surface area (Å²) >= 11 is 0. The lowest BCUT2D eigenvalue weighted by molar-refractivity contribution is -0.144. The van der Waals surface area contributed by atoms with Crippen molar-refractivity contribution >= 4 is 17.7 Å². The topological polar surface area (TPSA) is 76.2 Å². The van der Waals surface area contributed by atoms with Gasteiger partial charge in [0.25, 0.3) is 0 Å². The van der Waals surface area contributed by atoms with Crippen LogP contribution in [0.2, 0.25) is 0 Å². The molecule has 0 saturated carbocycles. The molecule has 34 heavy (non-hydrogen) atoms. The fourth-order valence-corrected chi connectivity index (χ4v) is 5.52. The molecule has 5 rings (SSSR count). The lowest BCUT2D eigenvalue weighted by Gasteiger charge is -2.37. The Hall–Kier alpha value is -3.35. The molecular weight excluding hydrogens is 432 g/mol. The van der Waals surface area contributed by atoms with Gasteiger partial charge in [-0.2, -0.15) is 0 Å². The molecule has 7 heteroatoms. The first kappa shape index (κ1) is 22.4. The van der Waals surface area contributed by atoms with Gasteiger partial charge in [-0.05, 0) is 48.9 Å². The summed E-state index contributed by atoms with van der Waals surface area (Å²) in [5, 5.41) is 0. The fraction of sp³-hybridized carbons (Fsp3) is 0.444. The van der Waals surface area contributed by atoms with Crippen molar-refractivity contribution in [2.45, 2.75) is 63.5 Å². The van der Waals surface area contributed by atoms with Gasteiger partial charge in [0.2, 0.25) is 24.5 Å². The number of hydrogen-bond acceptors (Lipinski definition) is 5. The average Bonchev–Trinajstić information content (AvgIpc) is 3.43. The molecule has 3 aliphatic heterocycles. The number of imide groups is 1. The summed E-state index contributed by atoms with van der Waals surface area (Å²) in [4.78, 5) is 43.9. The van der Waals surface area contributed by atoms with E-state index in [2.05, 4.69) is 6.92 Å². The summed E-state index contributed by atoms with van der Waals surface area (Å²) < 4.78 is 10.8. The number of fused-ring (bicyclic) bond motifs is 1. The number of benzene rings is 2. The van der Waals surface area contributed by atoms with Crippen molar-refractivity contribution in [1.82, 2.24) is 9.80 Å². The molecule has 0 radical (unpaired) electrons. The molecule has 7 nitrogen and oxygen atoms in total. The second-order valence-corrected chi connectivity index (χ2v) is 9.42. The van der Waals surface area contributed by atoms with Gasteiger partial charge >= 0.3 is 0 Å². The Morgan fingerprint density at radius 2 is 1.85 bits per heavy atom. The van der Waals surface area contributed by atoms with E-state index in [1.807, 2.05) is 41.3 Å². The summed E-state index contributed by atoms with van der Waals surface area (Å²) in [5.41, 5.74) is 0.324. The van der Waals surface area contributed by atoms with Crippen molar-refractivity contribution in [3.05, 3.63) is 59.7 Å². The third-order valence-electron chi connectivity index (χ3n) is 7.38. The molecule has 2 atom stereocenters. The number of ether oxygens (including phenoxy) is 2. The molecule has 2 aromatic rings. The Morgan fingerprint density at radius 1 is 1.06 bits per heavy atom. The van der Waals surface area contributed by atoms with Crippen LogP contribution in [0.3, 0.4) is 0 Å². The van der Waals surface area contributed by atoms with Gasteiger partial charge in [0.05, 0.1) is 12.0 Å². The smallest absolute Gasteiger partial charge is 0.241 e. The van der Waals surface area contributed by atoms with E-state index in [9.17, 15) is 14.4 Å². The standard InChI is InChI=1S/C27H30N2O5/c1-2-21-10-6-7-13-28(21)24(30)15-27(20-8-4-3-5-9-20)16-25(31)29(26(27)32)17-19-11-12-22-23(14-19)34-18-33-22/h3-5,8-9,11-12,14,21H,2,6-7,10,13,15-18H2,1H3. The Labute approximate surface area is 199 Å². The Balaban J connectivity index is 1.44. The molecule has 3 heterocycles. The summed E-state index contributed by atoms with van der Waals surface area (Å²) in [6, 6.07) is 14.9. The third kappa shape index (κ3) is 3.93. The highest BCUT2D eigenvalue weighted by molar-refractivity contribution is 6.10. The van der Waals surface area contributed by atoms with Crippen LogP contribution in [0.4, 0.5) is 0 Å². The number of piperidine rings is 1. The fourth-order valence-electron chi connectivity index (χ4n) is 5.52. The van der Waals surface area contributed by atoms with E-state index < -0.39 is 5.41 Å². The minimum atomic E-state index is -1.18. The molecule has 0 N–H and O–H groups in total. The molecule has 0 bridgehead atoms. The normalized spacial score (nSPS) is 24.1. The molecule has 0 spiro atoms. The van der Waals surface area contributed by atoms with Gasteiger partial charge in [-0.15, -0.1) is 0 Å². The van der Waals surface area contributed by atoms with E-state index in [-0.39, 0.29) is 49.9 Å². The first-order chi connectivity index (χ1) is 16.5. The van der Waals surface area contributed by atoms with Crippen LogP contribution in [-0.4, -0.2) is 46.9 Å². The zero-order valence-electron chi connectivity index (χ0n) is 19.5. The molecule has 0 aliphatic carbocycles. The third-order valence-corrected chi connectivity index (χ3v) is 7.38. The van der Waals surface area contributed by atoms with Crippen LogP contribution in [0.15, 0.2) is 48.5 Å². The maximum absolute atomic E-state index is 13.9. The van der Waals surface area contributed by atoms with Gasteiger partial charge in [-0.25, -0.2) is 0 Å². The zero-order chi connectivity index (χ0) is 23.7. The number of hydrogen-bond donors (Lipinski definition) is 0. The van der Waals surface area contributed by atoms with Crippen LogP contribution >= 0.6 is 0 Å². The molecule has 2 fully saturated rings. The number of likely N-dealkylation sites (tertiary alicyclic amines) is 2. The molecule has 178 valence electrons. The molecule has 3 amide bonds. The van der Waals surface area contributed by atoms with Crippen molar-refractivity contribution in [2.75, 3.05) is 13.3 Å². The van der Waals surface area contributed by atoms with Gasteiger partial charge in [-0.1, -0.05) is 43.3 Å². The first-order valence-electron chi connectivity index (χ1n) is 12.1. The van der Waals surface area contributed by atoms with Crippen LogP contribution in [0, 0.1) is 0 Å². The Kier molecular flexibility index (Phi) is 6.02. The minimum absolute atomic E-state index is 0.00320. The first-order valence-corrected chi connectivity index (χ1v) is 12.1. The Bertz CT molecular complexity index is 1100. The number of rotatable bonds is 6. The number of nitrogens with zero attached hydrogens (tertiary/aromatic N) is 2. The van der Waals surface area contributed by atoms with Gasteiger partial charge in [-0.3, -0.25) is 19.3 Å². The lowest BCUT2D eigenvalue weighted by atomic mass is 9.75. The maximum Gasteiger partial charge on any atom is 0.241 e. The SMILES string of the molecule is CCC1CCCCN1C(=O)CC1(c2ccccc2)CC(=O)N(Cc2ccc3c(c2)OCO3)C1=O. The van der Waals surface area contributed by atoms with Crippen molar-refractivity contribution in [2.24, 2.45) is 0 Å². The molecule has 3 aliphatic rings. The van der Waals surface area contributed by atoms with Gasteiger partial charge in [0.1, 0.15) is 0 Å². The van der Waals surface area contributed by atoms with E-state index in [0.717, 1.165) is 36.8 Å². The van der Waals surface area contributed by atoms with E-state index in [4.69, 9.17) is 9.47 Å². The van der Waals surface area contributed by atoms with E-state index in [1.165, 1.54) is 4.90 Å². The summed E-state index contributed by atoms with van der Waals surface area (Å²) in [7, 11) is 0. The monoisotopic (exact) mass is 462 g/mol. The largest absolute Gasteiger partial charge is 0.454 e. The zero-order valence-corrected chi connectivity index (χ0v) is 19.5. The van der Waals surface area contributed by atoms with Crippen LogP contribution in [0.5, 0.6) is 11.5 Å². The minimum Gasteiger partial charge on any atom is -0.454 e. The van der Waals surface area contributed by atoms with Crippen molar-refractivity contribution in [3.8, 4) is 11.5 Å². The quantitative estimate of drug-likeness (QED) is 0.611. The highest BCUT2D eigenvalue weighted by atomic mass is 16.7. The number of carbonyl (C=O) groups excluding carboxylic acids is 3. The number of carbonyl (C=O) groups is 3. The van der Waals surface area contributed by atoms with Crippen LogP contribution in [0.1, 0.15) is 56.6 Å². The van der Waals surface area contributed by atoms with Crippen LogP contribution in [0.25, 0.3) is 0 Å². The maximum atomic E-state index is 13.9. The average molecular weight is 463 g/mol. The highest BCUT2D eigenvalue weighted by Gasteiger charge is 2.54. The predicted molar refractivity (Wildman–Crippen MR) is 125 cm³/mol. The lowest BCUT2D eigenvalue weighted by Crippen LogP contribution is -2.48. The van der Waals surface area contributed by atoms with E-state index in [1.54, 1.807) is 12.1 Å². The van der Waals surface area contributed by atoms with Gasteiger partial charge < -0.3 is 14.4 Å². The summed E-state index contributed by atoms with van der Waals surface area (Å²) in [6.45, 7) is 3.11. The van der Waals surface area contributed by atoms with Gasteiger partial charge in [0.15, 0.2) is 11.5 Å². The van der Waals surface area contributed by atoms with Crippen LogP contribution < -0.4 is 9.47 Å². The molecule has 2 unspecified atom stereocenters. The predicted octanol–water partition coefficient (Wildman–Crippen LogP) is 3.79. The Morgan fingerprint density at radius 3 is 2.65 bits per heavy atom. The molecule has 2 saturated heterocycles. The van der Waals surface area contributed by atoms with Gasteiger partial charge in [0, 0.05) is 25.4 Å². The van der Waals surface area contributed by atoms with E-state index >= 15 is 0 Å². The second kappa shape index (κ2) is 9.12. The van der Waals surface area contributed by atoms with E-state index in [0.29, 0.717) is 18.0 Å². The summed E-state index contributed by atoms with van der Waals surface area (Å²) in [6.07, 6.45) is 3.99. The summed E-state index contributed by atoms with van der Waals surface area (Å²) in [5.74, 6) is 0.655. The number of amides is 3.